The molecule has 0 aromatic carbocycles. The van der Waals surface area contributed by atoms with Crippen LogP contribution >= 0.6 is 0 Å². The van der Waals surface area contributed by atoms with Crippen molar-refractivity contribution in [3.63, 3.8) is 0 Å². The number of nitrogens with zero attached hydrogens (tertiary/aromatic N) is 3. The third-order valence-corrected chi connectivity index (χ3v) is 3.17. The van der Waals surface area contributed by atoms with E-state index in [1.54, 1.807) is 0 Å². The zero-order valence-corrected chi connectivity index (χ0v) is 10.4. The van der Waals surface area contributed by atoms with Crippen LogP contribution in [0.4, 0.5) is 11.5 Å². The number of hydrogen-bond donors (Lipinski definition) is 2. The quantitative estimate of drug-likeness (QED) is 0.613. The fourth-order valence-electron chi connectivity index (χ4n) is 2.23. The summed E-state index contributed by atoms with van der Waals surface area (Å²) in [4.78, 5) is 14.4. The van der Waals surface area contributed by atoms with Crippen LogP contribution in [0.25, 0.3) is 0 Å². The molecule has 1 aliphatic heterocycles. The van der Waals surface area contributed by atoms with Gasteiger partial charge in [0.15, 0.2) is 0 Å². The van der Waals surface area contributed by atoms with E-state index >= 15 is 0 Å². The third kappa shape index (κ3) is 3.17. The molecular formula is C12H15N5O2. The number of hydrogen-bond acceptors (Lipinski definition) is 6. The number of nitriles is 1. The maximum Gasteiger partial charge on any atom is 0.328 e. The number of aromatic nitrogens is 1. The van der Waals surface area contributed by atoms with Crippen molar-refractivity contribution in [2.24, 2.45) is 0 Å². The normalized spacial score (nSPS) is 17.9. The zero-order chi connectivity index (χ0) is 13.7. The van der Waals surface area contributed by atoms with Crippen molar-refractivity contribution in [2.75, 3.05) is 18.4 Å². The van der Waals surface area contributed by atoms with Gasteiger partial charge in [-0.25, -0.2) is 4.98 Å². The Balaban J connectivity index is 2.03. The molecule has 7 heteroatoms. The van der Waals surface area contributed by atoms with Crippen molar-refractivity contribution in [3.8, 4) is 6.07 Å². The Morgan fingerprint density at radius 3 is 3.16 bits per heavy atom. The molecule has 7 nitrogen and oxygen atoms in total. The van der Waals surface area contributed by atoms with Crippen LogP contribution in [-0.2, 0) is 0 Å². The summed E-state index contributed by atoms with van der Waals surface area (Å²) in [6, 6.07) is 3.63. The summed E-state index contributed by atoms with van der Waals surface area (Å²) >= 11 is 0. The summed E-state index contributed by atoms with van der Waals surface area (Å²) in [6.07, 6.45) is 4.60. The molecule has 0 bridgehead atoms. The third-order valence-electron chi connectivity index (χ3n) is 3.17. The van der Waals surface area contributed by atoms with Gasteiger partial charge in [0.25, 0.3) is 0 Å². The van der Waals surface area contributed by atoms with Crippen LogP contribution in [0.3, 0.4) is 0 Å². The summed E-state index contributed by atoms with van der Waals surface area (Å²) in [5.41, 5.74) is -0.217. The molecule has 19 heavy (non-hydrogen) atoms. The standard InChI is InChI=1S/C12H15N5O2/c13-8-9-3-6-15-12(11(9)17(18)19)16-7-4-10-2-1-5-14-10/h3,6,10,14H,1-2,4-5,7H2,(H,15,16)/t10-/m1/s1. The van der Waals surface area contributed by atoms with Gasteiger partial charge in [-0.1, -0.05) is 0 Å². The van der Waals surface area contributed by atoms with Crippen LogP contribution in [0.2, 0.25) is 0 Å². The predicted molar refractivity (Wildman–Crippen MR) is 69.7 cm³/mol. The molecule has 2 rings (SSSR count). The summed E-state index contributed by atoms with van der Waals surface area (Å²) in [5.74, 6) is 0.169. The number of nitro groups is 1. The Labute approximate surface area is 110 Å². The molecule has 1 aliphatic rings. The van der Waals surface area contributed by atoms with E-state index in [-0.39, 0.29) is 17.1 Å². The molecule has 1 atom stereocenters. The molecular weight excluding hydrogens is 246 g/mol. The molecule has 100 valence electrons. The number of anilines is 1. The van der Waals surface area contributed by atoms with E-state index in [1.165, 1.54) is 18.7 Å². The first kappa shape index (κ1) is 13.2. The van der Waals surface area contributed by atoms with E-state index in [0.29, 0.717) is 12.6 Å². The molecule has 0 saturated carbocycles. The summed E-state index contributed by atoms with van der Waals surface area (Å²) in [6.45, 7) is 1.63. The summed E-state index contributed by atoms with van der Waals surface area (Å²) < 4.78 is 0. The van der Waals surface area contributed by atoms with E-state index in [4.69, 9.17) is 5.26 Å². The van der Waals surface area contributed by atoms with Crippen molar-refractivity contribution in [3.05, 3.63) is 27.9 Å². The zero-order valence-electron chi connectivity index (χ0n) is 10.4. The van der Waals surface area contributed by atoms with Crippen LogP contribution < -0.4 is 10.6 Å². The highest BCUT2D eigenvalue weighted by molar-refractivity contribution is 5.63. The van der Waals surface area contributed by atoms with Gasteiger partial charge in [0.2, 0.25) is 5.82 Å². The van der Waals surface area contributed by atoms with Crippen molar-refractivity contribution < 1.29 is 4.92 Å². The molecule has 2 heterocycles. The highest BCUT2D eigenvalue weighted by atomic mass is 16.6. The maximum atomic E-state index is 11.0. The predicted octanol–water partition coefficient (Wildman–Crippen LogP) is 1.42. The van der Waals surface area contributed by atoms with E-state index in [9.17, 15) is 10.1 Å². The van der Waals surface area contributed by atoms with E-state index in [1.807, 2.05) is 6.07 Å². The van der Waals surface area contributed by atoms with Gasteiger partial charge in [-0.2, -0.15) is 5.26 Å². The van der Waals surface area contributed by atoms with Crippen LogP contribution in [-0.4, -0.2) is 29.0 Å². The fourth-order valence-corrected chi connectivity index (χ4v) is 2.23. The number of nitrogens with one attached hydrogen (secondary N) is 2. The summed E-state index contributed by atoms with van der Waals surface area (Å²) in [5, 5.41) is 26.2. The largest absolute Gasteiger partial charge is 0.364 e. The second kappa shape index (κ2) is 6.11. The molecule has 1 saturated heterocycles. The smallest absolute Gasteiger partial charge is 0.328 e. The lowest BCUT2D eigenvalue weighted by molar-refractivity contribution is -0.384. The highest BCUT2D eigenvalue weighted by Crippen LogP contribution is 2.25. The number of rotatable bonds is 5. The molecule has 0 unspecified atom stereocenters. The lowest BCUT2D eigenvalue weighted by Gasteiger charge is -2.11. The van der Waals surface area contributed by atoms with Gasteiger partial charge in [-0.15, -0.1) is 0 Å². The monoisotopic (exact) mass is 261 g/mol. The van der Waals surface area contributed by atoms with Crippen molar-refractivity contribution >= 4 is 11.5 Å². The van der Waals surface area contributed by atoms with E-state index in [0.717, 1.165) is 19.4 Å². The average molecular weight is 261 g/mol. The van der Waals surface area contributed by atoms with E-state index < -0.39 is 4.92 Å². The van der Waals surface area contributed by atoms with Gasteiger partial charge in [-0.3, -0.25) is 10.1 Å². The van der Waals surface area contributed by atoms with E-state index in [2.05, 4.69) is 15.6 Å². The maximum absolute atomic E-state index is 11.0. The van der Waals surface area contributed by atoms with Crippen molar-refractivity contribution in [1.29, 1.82) is 5.26 Å². The molecule has 1 fully saturated rings. The van der Waals surface area contributed by atoms with Gasteiger partial charge in [0.05, 0.1) is 4.92 Å². The first-order valence-corrected chi connectivity index (χ1v) is 6.23. The minimum atomic E-state index is -0.568. The highest BCUT2D eigenvalue weighted by Gasteiger charge is 2.21. The van der Waals surface area contributed by atoms with Crippen LogP contribution in [0, 0.1) is 21.4 Å². The van der Waals surface area contributed by atoms with Crippen LogP contribution in [0.15, 0.2) is 12.3 Å². The molecule has 1 aromatic rings. The van der Waals surface area contributed by atoms with Gasteiger partial charge in [-0.05, 0) is 31.9 Å². The van der Waals surface area contributed by atoms with Crippen molar-refractivity contribution in [1.82, 2.24) is 10.3 Å². The van der Waals surface area contributed by atoms with Crippen LogP contribution in [0.1, 0.15) is 24.8 Å². The average Bonchev–Trinajstić information content (AvgIpc) is 2.91. The fraction of sp³-hybridized carbons (Fsp3) is 0.500. The Bertz CT molecular complexity index is 505. The minimum absolute atomic E-state index is 0.0292. The number of pyridine rings is 1. The Kier molecular flexibility index (Phi) is 4.26. The Morgan fingerprint density at radius 2 is 2.53 bits per heavy atom. The minimum Gasteiger partial charge on any atom is -0.364 e. The second-order valence-corrected chi connectivity index (χ2v) is 4.43. The second-order valence-electron chi connectivity index (χ2n) is 4.43. The topological polar surface area (TPSA) is 104 Å². The molecule has 0 radical (unpaired) electrons. The molecule has 2 N–H and O–H groups in total. The molecule has 0 aliphatic carbocycles. The summed E-state index contributed by atoms with van der Waals surface area (Å²) in [7, 11) is 0. The van der Waals surface area contributed by atoms with Gasteiger partial charge < -0.3 is 10.6 Å². The first-order valence-electron chi connectivity index (χ1n) is 6.23. The van der Waals surface area contributed by atoms with Crippen molar-refractivity contribution in [2.45, 2.75) is 25.3 Å². The Morgan fingerprint density at radius 1 is 1.68 bits per heavy atom. The first-order chi connectivity index (χ1) is 9.22. The molecule has 0 amide bonds. The van der Waals surface area contributed by atoms with Crippen LogP contribution in [0.5, 0.6) is 0 Å². The lowest BCUT2D eigenvalue weighted by atomic mass is 10.1. The van der Waals surface area contributed by atoms with Gasteiger partial charge in [0.1, 0.15) is 11.6 Å². The van der Waals surface area contributed by atoms with Gasteiger partial charge in [0, 0.05) is 18.8 Å². The molecule has 1 aromatic heterocycles. The Hall–Kier alpha value is -2.20. The lowest BCUT2D eigenvalue weighted by Crippen LogP contribution is -2.24. The SMILES string of the molecule is N#Cc1ccnc(NCC[C@H]2CCCN2)c1[N+](=O)[O-]. The van der Waals surface area contributed by atoms with Gasteiger partial charge >= 0.3 is 5.69 Å². The molecule has 0 spiro atoms.